The minimum absolute atomic E-state index is 0.530. The maximum absolute atomic E-state index is 5.88. The van der Waals surface area contributed by atoms with E-state index in [1.165, 1.54) is 17.3 Å². The second kappa shape index (κ2) is 4.75. The van der Waals surface area contributed by atoms with Crippen molar-refractivity contribution in [2.45, 2.75) is 17.1 Å². The minimum Gasteiger partial charge on any atom is -0.396 e. The number of benzene rings is 1. The molecule has 0 aliphatic rings. The molecule has 0 radical (unpaired) electrons. The molecule has 6 heteroatoms. The number of fused-ring (bicyclic) bond motifs is 1. The van der Waals surface area contributed by atoms with Crippen LogP contribution in [-0.4, -0.2) is 15.0 Å². The lowest BCUT2D eigenvalue weighted by Crippen LogP contribution is -1.91. The van der Waals surface area contributed by atoms with Crippen LogP contribution in [0.5, 0.6) is 0 Å². The number of H-pyrrole nitrogens is 1. The van der Waals surface area contributed by atoms with E-state index in [9.17, 15) is 0 Å². The van der Waals surface area contributed by atoms with Gasteiger partial charge in [0.2, 0.25) is 0 Å². The zero-order valence-electron chi connectivity index (χ0n) is 10.1. The first kappa shape index (κ1) is 12.3. The number of nitrogens with zero attached hydrogens (tertiary/aromatic N) is 2. The number of hydrogen-bond donors (Lipinski definition) is 2. The third-order valence-corrected chi connectivity index (χ3v) is 3.78. The number of halogens is 1. The molecule has 1 aromatic carbocycles. The SMILES string of the molecule is Cc1ccc2nc(Sc3ncc(Cl)cc3N)[nH]c2c1. The van der Waals surface area contributed by atoms with Crippen LogP contribution in [0.4, 0.5) is 5.69 Å². The van der Waals surface area contributed by atoms with E-state index >= 15 is 0 Å². The molecule has 0 unspecified atom stereocenters. The summed E-state index contributed by atoms with van der Waals surface area (Å²) in [4.78, 5) is 11.9. The molecule has 0 bridgehead atoms. The zero-order valence-corrected chi connectivity index (χ0v) is 11.7. The molecular formula is C13H11ClN4S. The van der Waals surface area contributed by atoms with Gasteiger partial charge in [0.25, 0.3) is 0 Å². The standard InChI is InChI=1S/C13H11ClN4S/c1-7-2-3-10-11(4-7)18-13(17-10)19-12-9(15)5-8(14)6-16-12/h2-6H,15H2,1H3,(H,17,18). The number of aromatic amines is 1. The molecule has 3 rings (SSSR count). The Hall–Kier alpha value is -1.72. The number of aromatic nitrogens is 3. The summed E-state index contributed by atoms with van der Waals surface area (Å²) >= 11 is 7.22. The normalized spacial score (nSPS) is 11.1. The summed E-state index contributed by atoms with van der Waals surface area (Å²) in [5.41, 5.74) is 9.56. The molecule has 0 fully saturated rings. The Morgan fingerprint density at radius 2 is 2.16 bits per heavy atom. The topological polar surface area (TPSA) is 67.6 Å². The van der Waals surface area contributed by atoms with E-state index < -0.39 is 0 Å². The Morgan fingerprint density at radius 3 is 2.95 bits per heavy atom. The van der Waals surface area contributed by atoms with Crippen LogP contribution in [0.3, 0.4) is 0 Å². The maximum atomic E-state index is 5.88. The van der Waals surface area contributed by atoms with Crippen molar-refractivity contribution in [2.75, 3.05) is 5.73 Å². The van der Waals surface area contributed by atoms with E-state index in [1.807, 2.05) is 19.1 Å². The molecule has 4 nitrogen and oxygen atoms in total. The summed E-state index contributed by atoms with van der Waals surface area (Å²) in [5, 5.41) is 1.99. The fraction of sp³-hybridized carbons (Fsp3) is 0.0769. The van der Waals surface area contributed by atoms with Crippen LogP contribution in [0.1, 0.15) is 5.56 Å². The molecule has 2 heterocycles. The summed E-state index contributed by atoms with van der Waals surface area (Å²) < 4.78 is 0. The molecule has 0 saturated heterocycles. The van der Waals surface area contributed by atoms with E-state index in [0.29, 0.717) is 15.7 Å². The molecule has 0 atom stereocenters. The van der Waals surface area contributed by atoms with Crippen molar-refractivity contribution >= 4 is 40.1 Å². The number of anilines is 1. The highest BCUT2D eigenvalue weighted by Crippen LogP contribution is 2.30. The first-order valence-corrected chi connectivity index (χ1v) is 6.86. The molecule has 19 heavy (non-hydrogen) atoms. The number of nitrogen functional groups attached to an aromatic ring is 1. The maximum Gasteiger partial charge on any atom is 0.172 e. The van der Waals surface area contributed by atoms with Gasteiger partial charge in [-0.05, 0) is 42.4 Å². The number of hydrogen-bond acceptors (Lipinski definition) is 4. The van der Waals surface area contributed by atoms with E-state index in [4.69, 9.17) is 17.3 Å². The van der Waals surface area contributed by atoms with Gasteiger partial charge in [-0.25, -0.2) is 9.97 Å². The lowest BCUT2D eigenvalue weighted by molar-refractivity contribution is 1.06. The van der Waals surface area contributed by atoms with Crippen LogP contribution in [0, 0.1) is 6.92 Å². The van der Waals surface area contributed by atoms with Gasteiger partial charge in [0, 0.05) is 6.20 Å². The number of imidazole rings is 1. The van der Waals surface area contributed by atoms with Gasteiger partial charge in [0.05, 0.1) is 21.7 Å². The summed E-state index contributed by atoms with van der Waals surface area (Å²) in [6.07, 6.45) is 1.58. The van der Waals surface area contributed by atoms with Gasteiger partial charge in [-0.15, -0.1) is 0 Å². The molecule has 0 spiro atoms. The monoisotopic (exact) mass is 290 g/mol. The van der Waals surface area contributed by atoms with Gasteiger partial charge in [0.1, 0.15) is 5.03 Å². The molecular weight excluding hydrogens is 280 g/mol. The molecule has 3 aromatic rings. The van der Waals surface area contributed by atoms with Crippen molar-refractivity contribution in [1.29, 1.82) is 0 Å². The smallest absolute Gasteiger partial charge is 0.172 e. The molecule has 3 N–H and O–H groups in total. The van der Waals surface area contributed by atoms with Gasteiger partial charge >= 0.3 is 0 Å². The highest BCUT2D eigenvalue weighted by atomic mass is 35.5. The lowest BCUT2D eigenvalue weighted by Gasteiger charge is -2.01. The molecule has 0 amide bonds. The van der Waals surface area contributed by atoms with Crippen LogP contribution in [-0.2, 0) is 0 Å². The van der Waals surface area contributed by atoms with Crippen LogP contribution in [0.15, 0.2) is 40.6 Å². The Bertz CT molecular complexity index is 753. The number of nitrogens with two attached hydrogens (primary N) is 1. The molecule has 0 aliphatic carbocycles. The number of nitrogens with one attached hydrogen (secondary N) is 1. The fourth-order valence-electron chi connectivity index (χ4n) is 1.77. The first-order valence-electron chi connectivity index (χ1n) is 5.67. The second-order valence-corrected chi connectivity index (χ2v) is 5.63. The van der Waals surface area contributed by atoms with Crippen LogP contribution in [0.2, 0.25) is 5.02 Å². The highest BCUT2D eigenvalue weighted by molar-refractivity contribution is 7.99. The predicted molar refractivity (Wildman–Crippen MR) is 78.6 cm³/mol. The van der Waals surface area contributed by atoms with Gasteiger partial charge in [-0.1, -0.05) is 17.7 Å². The summed E-state index contributed by atoms with van der Waals surface area (Å²) in [6, 6.07) is 7.77. The predicted octanol–water partition coefficient (Wildman–Crippen LogP) is 3.65. The van der Waals surface area contributed by atoms with Crippen LogP contribution < -0.4 is 5.73 Å². The second-order valence-electron chi connectivity index (χ2n) is 4.21. The summed E-state index contributed by atoms with van der Waals surface area (Å²) in [6.45, 7) is 2.05. The zero-order chi connectivity index (χ0) is 13.4. The Kier molecular flexibility index (Phi) is 3.08. The van der Waals surface area contributed by atoms with E-state index in [1.54, 1.807) is 12.3 Å². The average molecular weight is 291 g/mol. The van der Waals surface area contributed by atoms with Gasteiger partial charge in [-0.3, -0.25) is 0 Å². The Morgan fingerprint density at radius 1 is 1.32 bits per heavy atom. The average Bonchev–Trinajstić information content (AvgIpc) is 2.74. The fourth-order valence-corrected chi connectivity index (χ4v) is 2.70. The van der Waals surface area contributed by atoms with Crippen molar-refractivity contribution in [3.05, 3.63) is 41.0 Å². The Balaban J connectivity index is 1.96. The Labute approximate surface area is 119 Å². The van der Waals surface area contributed by atoms with E-state index in [2.05, 4.69) is 21.0 Å². The number of aryl methyl sites for hydroxylation is 1. The number of pyridine rings is 1. The van der Waals surface area contributed by atoms with Crippen molar-refractivity contribution in [3.63, 3.8) is 0 Å². The van der Waals surface area contributed by atoms with Gasteiger partial charge in [0.15, 0.2) is 5.16 Å². The van der Waals surface area contributed by atoms with Gasteiger partial charge in [-0.2, -0.15) is 0 Å². The van der Waals surface area contributed by atoms with Crippen molar-refractivity contribution in [2.24, 2.45) is 0 Å². The lowest BCUT2D eigenvalue weighted by atomic mass is 10.2. The van der Waals surface area contributed by atoms with Crippen LogP contribution >= 0.6 is 23.4 Å². The summed E-state index contributed by atoms with van der Waals surface area (Å²) in [7, 11) is 0. The summed E-state index contributed by atoms with van der Waals surface area (Å²) in [5.74, 6) is 0. The minimum atomic E-state index is 0.530. The largest absolute Gasteiger partial charge is 0.396 e. The van der Waals surface area contributed by atoms with Crippen LogP contribution in [0.25, 0.3) is 11.0 Å². The first-order chi connectivity index (χ1) is 9.11. The highest BCUT2D eigenvalue weighted by Gasteiger charge is 2.08. The van der Waals surface area contributed by atoms with Gasteiger partial charge < -0.3 is 10.7 Å². The molecule has 0 saturated carbocycles. The molecule has 0 aliphatic heterocycles. The third-order valence-electron chi connectivity index (χ3n) is 2.65. The van der Waals surface area contributed by atoms with E-state index in [-0.39, 0.29) is 0 Å². The quantitative estimate of drug-likeness (QED) is 0.756. The number of rotatable bonds is 2. The van der Waals surface area contributed by atoms with E-state index in [0.717, 1.165) is 16.2 Å². The third kappa shape index (κ3) is 2.52. The van der Waals surface area contributed by atoms with Crippen molar-refractivity contribution in [3.8, 4) is 0 Å². The molecule has 96 valence electrons. The van der Waals surface area contributed by atoms with Crippen molar-refractivity contribution < 1.29 is 0 Å². The molecule has 2 aromatic heterocycles. The van der Waals surface area contributed by atoms with Crippen molar-refractivity contribution in [1.82, 2.24) is 15.0 Å².